The zero-order valence-corrected chi connectivity index (χ0v) is 19.4. The van der Waals surface area contributed by atoms with E-state index in [0.717, 1.165) is 30.0 Å². The van der Waals surface area contributed by atoms with E-state index >= 15 is 0 Å². The third kappa shape index (κ3) is 4.69. The SMILES string of the molecule is CSc1nc2nc(C)c(CC(=O)NCC(=O)N3CCN(c4ccccc4)CC3)c(C)n2n1. The number of fused-ring (bicyclic) bond motifs is 1. The number of hydrogen-bond donors (Lipinski definition) is 1. The normalized spacial score (nSPS) is 14.1. The Balaban J connectivity index is 1.31. The lowest BCUT2D eigenvalue weighted by Gasteiger charge is -2.36. The first kappa shape index (κ1) is 22.1. The molecule has 1 fully saturated rings. The zero-order chi connectivity index (χ0) is 22.7. The summed E-state index contributed by atoms with van der Waals surface area (Å²) in [6.45, 7) is 6.62. The first-order valence-corrected chi connectivity index (χ1v) is 11.8. The Morgan fingerprint density at radius 2 is 1.78 bits per heavy atom. The summed E-state index contributed by atoms with van der Waals surface area (Å²) in [4.78, 5) is 38.1. The molecule has 0 atom stereocenters. The lowest BCUT2D eigenvalue weighted by atomic mass is 10.1. The van der Waals surface area contributed by atoms with Crippen LogP contribution in [-0.2, 0) is 16.0 Å². The molecule has 9 nitrogen and oxygen atoms in total. The van der Waals surface area contributed by atoms with E-state index in [1.807, 2.05) is 43.2 Å². The van der Waals surface area contributed by atoms with Crippen LogP contribution in [0.3, 0.4) is 0 Å². The van der Waals surface area contributed by atoms with Crippen molar-refractivity contribution in [1.82, 2.24) is 29.8 Å². The Morgan fingerprint density at radius 3 is 2.47 bits per heavy atom. The van der Waals surface area contributed by atoms with Gasteiger partial charge in [-0.05, 0) is 32.2 Å². The first-order chi connectivity index (χ1) is 15.5. The smallest absolute Gasteiger partial charge is 0.253 e. The number of benzene rings is 1. The van der Waals surface area contributed by atoms with Crippen molar-refractivity contribution in [1.29, 1.82) is 0 Å². The van der Waals surface area contributed by atoms with Crippen LogP contribution in [0.25, 0.3) is 5.78 Å². The highest BCUT2D eigenvalue weighted by molar-refractivity contribution is 7.98. The number of amides is 2. The number of carbonyl (C=O) groups is 2. The number of nitrogens with one attached hydrogen (secondary N) is 1. The monoisotopic (exact) mass is 453 g/mol. The Hall–Kier alpha value is -3.14. The molecule has 4 rings (SSSR count). The molecular formula is C22H27N7O2S. The lowest BCUT2D eigenvalue weighted by molar-refractivity contribution is -0.133. The summed E-state index contributed by atoms with van der Waals surface area (Å²) in [6, 6.07) is 10.2. The van der Waals surface area contributed by atoms with Crippen LogP contribution in [0, 0.1) is 13.8 Å². The molecule has 0 unspecified atom stereocenters. The molecule has 1 N–H and O–H groups in total. The van der Waals surface area contributed by atoms with Crippen molar-refractivity contribution >= 4 is 35.0 Å². The minimum Gasteiger partial charge on any atom is -0.368 e. The van der Waals surface area contributed by atoms with Gasteiger partial charge < -0.3 is 15.1 Å². The molecule has 2 amide bonds. The van der Waals surface area contributed by atoms with Gasteiger partial charge in [0, 0.05) is 48.8 Å². The van der Waals surface area contributed by atoms with Crippen molar-refractivity contribution in [2.45, 2.75) is 25.4 Å². The number of rotatable bonds is 6. The molecule has 0 aliphatic carbocycles. The maximum atomic E-state index is 12.6. The lowest BCUT2D eigenvalue weighted by Crippen LogP contribution is -2.51. The van der Waals surface area contributed by atoms with E-state index in [-0.39, 0.29) is 24.8 Å². The summed E-state index contributed by atoms with van der Waals surface area (Å²) in [7, 11) is 0. The van der Waals surface area contributed by atoms with Crippen molar-refractivity contribution in [3.63, 3.8) is 0 Å². The van der Waals surface area contributed by atoms with Crippen LogP contribution in [0.15, 0.2) is 35.5 Å². The number of hydrogen-bond acceptors (Lipinski definition) is 7. The fourth-order valence-corrected chi connectivity index (χ4v) is 4.23. The average Bonchev–Trinajstić information content (AvgIpc) is 3.24. The van der Waals surface area contributed by atoms with Crippen LogP contribution in [0.5, 0.6) is 0 Å². The van der Waals surface area contributed by atoms with E-state index in [4.69, 9.17) is 0 Å². The quantitative estimate of drug-likeness (QED) is 0.565. The molecule has 0 saturated carbocycles. The van der Waals surface area contributed by atoms with Gasteiger partial charge in [0.15, 0.2) is 0 Å². The van der Waals surface area contributed by atoms with Crippen LogP contribution >= 0.6 is 11.8 Å². The summed E-state index contributed by atoms with van der Waals surface area (Å²) in [6.07, 6.45) is 2.05. The number of anilines is 1. The van der Waals surface area contributed by atoms with Gasteiger partial charge in [0.1, 0.15) is 0 Å². The Kier molecular flexibility index (Phi) is 6.59. The van der Waals surface area contributed by atoms with Crippen molar-refractivity contribution in [3.05, 3.63) is 47.3 Å². The zero-order valence-electron chi connectivity index (χ0n) is 18.5. The second-order valence-electron chi connectivity index (χ2n) is 7.73. The van der Waals surface area contributed by atoms with Gasteiger partial charge in [0.05, 0.1) is 13.0 Å². The summed E-state index contributed by atoms with van der Waals surface area (Å²) >= 11 is 1.44. The molecule has 3 aromatic rings. The summed E-state index contributed by atoms with van der Waals surface area (Å²) in [5, 5.41) is 7.82. The number of thioether (sulfide) groups is 1. The van der Waals surface area contributed by atoms with E-state index in [1.54, 1.807) is 4.52 Å². The van der Waals surface area contributed by atoms with Gasteiger partial charge in [-0.1, -0.05) is 30.0 Å². The average molecular weight is 454 g/mol. The van der Waals surface area contributed by atoms with E-state index in [1.165, 1.54) is 17.4 Å². The van der Waals surface area contributed by atoms with Gasteiger partial charge >= 0.3 is 0 Å². The highest BCUT2D eigenvalue weighted by Crippen LogP contribution is 2.18. The second-order valence-corrected chi connectivity index (χ2v) is 8.50. The van der Waals surface area contributed by atoms with Crippen molar-refractivity contribution in [3.8, 4) is 0 Å². The van der Waals surface area contributed by atoms with Gasteiger partial charge in [0.25, 0.3) is 5.78 Å². The van der Waals surface area contributed by atoms with Gasteiger partial charge in [-0.2, -0.15) is 4.98 Å². The minimum atomic E-state index is -0.209. The fraction of sp³-hybridized carbons (Fsp3) is 0.409. The molecular weight excluding hydrogens is 426 g/mol. The summed E-state index contributed by atoms with van der Waals surface area (Å²) in [5.74, 6) is 0.256. The van der Waals surface area contributed by atoms with Crippen LogP contribution in [0.2, 0.25) is 0 Å². The van der Waals surface area contributed by atoms with Gasteiger partial charge in [0.2, 0.25) is 17.0 Å². The highest BCUT2D eigenvalue weighted by atomic mass is 32.2. The van der Waals surface area contributed by atoms with Crippen LogP contribution in [-0.4, -0.2) is 75.3 Å². The topological polar surface area (TPSA) is 95.7 Å². The Labute approximate surface area is 191 Å². The van der Waals surface area contributed by atoms with Crippen molar-refractivity contribution < 1.29 is 9.59 Å². The molecule has 0 spiro atoms. The largest absolute Gasteiger partial charge is 0.368 e. The number of nitrogens with zero attached hydrogens (tertiary/aromatic N) is 6. The molecule has 1 aliphatic heterocycles. The molecule has 168 valence electrons. The van der Waals surface area contributed by atoms with Crippen LogP contribution < -0.4 is 10.2 Å². The number of para-hydroxylation sites is 1. The maximum Gasteiger partial charge on any atom is 0.253 e. The summed E-state index contributed by atoms with van der Waals surface area (Å²) in [5.41, 5.74) is 3.55. The molecule has 2 aromatic heterocycles. The van der Waals surface area contributed by atoms with E-state index < -0.39 is 0 Å². The number of carbonyl (C=O) groups excluding carboxylic acids is 2. The van der Waals surface area contributed by atoms with E-state index in [2.05, 4.69) is 37.4 Å². The Bertz CT molecular complexity index is 1120. The van der Waals surface area contributed by atoms with Crippen LogP contribution in [0.4, 0.5) is 5.69 Å². The van der Waals surface area contributed by atoms with Crippen molar-refractivity contribution in [2.75, 3.05) is 43.9 Å². The fourth-order valence-electron chi connectivity index (χ4n) is 3.89. The molecule has 0 radical (unpaired) electrons. The third-order valence-corrected chi connectivity index (χ3v) is 6.28. The number of aryl methyl sites for hydroxylation is 2. The predicted octanol–water partition coefficient (Wildman–Crippen LogP) is 1.47. The minimum absolute atomic E-state index is 0.00210. The van der Waals surface area contributed by atoms with Crippen LogP contribution in [0.1, 0.15) is 17.0 Å². The second kappa shape index (κ2) is 9.56. The highest BCUT2D eigenvalue weighted by Gasteiger charge is 2.22. The molecule has 3 heterocycles. The Morgan fingerprint density at radius 1 is 1.06 bits per heavy atom. The number of piperazine rings is 1. The van der Waals surface area contributed by atoms with E-state index in [9.17, 15) is 9.59 Å². The van der Waals surface area contributed by atoms with Gasteiger partial charge in [-0.3, -0.25) is 9.59 Å². The first-order valence-electron chi connectivity index (χ1n) is 10.6. The molecule has 1 aliphatic rings. The molecule has 1 saturated heterocycles. The maximum absolute atomic E-state index is 12.6. The molecule has 32 heavy (non-hydrogen) atoms. The molecule has 1 aromatic carbocycles. The van der Waals surface area contributed by atoms with E-state index in [0.29, 0.717) is 24.0 Å². The summed E-state index contributed by atoms with van der Waals surface area (Å²) < 4.78 is 1.67. The standard InChI is InChI=1S/C22H27N7O2S/c1-15-18(16(2)29-21(24-15)25-22(26-29)32-3)13-19(30)23-14-20(31)28-11-9-27(10-12-28)17-7-5-4-6-8-17/h4-8H,9-14H2,1-3H3,(H,23,30). The molecule has 0 bridgehead atoms. The predicted molar refractivity (Wildman–Crippen MR) is 124 cm³/mol. The third-order valence-electron chi connectivity index (χ3n) is 5.74. The molecule has 10 heteroatoms. The number of aromatic nitrogens is 4. The van der Waals surface area contributed by atoms with Gasteiger partial charge in [-0.15, -0.1) is 5.10 Å². The van der Waals surface area contributed by atoms with Crippen molar-refractivity contribution in [2.24, 2.45) is 0 Å². The van der Waals surface area contributed by atoms with Gasteiger partial charge in [-0.25, -0.2) is 9.50 Å².